The molecule has 1 aliphatic rings. The third kappa shape index (κ3) is 5.40. The molecule has 1 atom stereocenters. The quantitative estimate of drug-likeness (QED) is 0.437. The Balaban J connectivity index is 0.000000207. The number of alkyl halides is 3. The van der Waals surface area contributed by atoms with Gasteiger partial charge in [0.25, 0.3) is 0 Å². The lowest BCUT2D eigenvalue weighted by Gasteiger charge is -2.24. The van der Waals surface area contributed by atoms with Gasteiger partial charge in [-0.05, 0) is 64.9 Å². The molecule has 0 saturated carbocycles. The molecule has 1 unspecified atom stereocenters. The van der Waals surface area contributed by atoms with Gasteiger partial charge < -0.3 is 10.4 Å². The molecule has 0 radical (unpaired) electrons. The molecule has 0 bridgehead atoms. The van der Waals surface area contributed by atoms with E-state index in [4.69, 9.17) is 0 Å². The summed E-state index contributed by atoms with van der Waals surface area (Å²) in [6, 6.07) is 13.3. The van der Waals surface area contributed by atoms with Gasteiger partial charge in [-0.3, -0.25) is 0 Å². The second kappa shape index (κ2) is 10.0. The van der Waals surface area contributed by atoms with Gasteiger partial charge >= 0.3 is 12.1 Å². The van der Waals surface area contributed by atoms with Crippen molar-refractivity contribution in [3.63, 3.8) is 0 Å². The predicted octanol–water partition coefficient (Wildman–Crippen LogP) is 7.11. The molecular weight excluding hydrogens is 435 g/mol. The average molecular weight is 460 g/mol. The molecule has 7 heteroatoms. The second-order valence-corrected chi connectivity index (χ2v) is 8.36. The number of benzene rings is 2. The highest BCUT2D eigenvalue weighted by molar-refractivity contribution is 7.14. The number of halogens is 3. The average Bonchev–Trinajstić information content (AvgIpc) is 3.23. The number of carboxylic acids is 1. The van der Waals surface area contributed by atoms with Gasteiger partial charge in [-0.25, -0.2) is 4.79 Å². The molecule has 0 aliphatic heterocycles. The van der Waals surface area contributed by atoms with E-state index in [-0.39, 0.29) is 0 Å². The molecule has 168 valence electrons. The molecule has 1 heterocycles. The molecule has 3 aromatic rings. The first kappa shape index (κ1) is 23.6. The van der Waals surface area contributed by atoms with Crippen molar-refractivity contribution >= 4 is 28.4 Å². The summed E-state index contributed by atoms with van der Waals surface area (Å²) in [7, 11) is 1.78. The topological polar surface area (TPSA) is 49.3 Å². The van der Waals surface area contributed by atoms with Gasteiger partial charge in [0.2, 0.25) is 0 Å². The number of thiophene rings is 1. The van der Waals surface area contributed by atoms with E-state index in [1.807, 2.05) is 5.38 Å². The van der Waals surface area contributed by atoms with Gasteiger partial charge in [0.1, 0.15) is 5.00 Å². The summed E-state index contributed by atoms with van der Waals surface area (Å²) in [4.78, 5) is 11.5. The summed E-state index contributed by atoms with van der Waals surface area (Å²) in [5.74, 6) is -0.515. The van der Waals surface area contributed by atoms with Crippen molar-refractivity contribution in [3.8, 4) is 0 Å². The number of hydrogen-bond acceptors (Lipinski definition) is 3. The van der Waals surface area contributed by atoms with Crippen LogP contribution in [0.1, 0.15) is 50.5 Å². The lowest BCUT2D eigenvalue weighted by atomic mass is 9.80. The van der Waals surface area contributed by atoms with Gasteiger partial charge in [-0.15, -0.1) is 11.3 Å². The van der Waals surface area contributed by atoms with Gasteiger partial charge in [-0.2, -0.15) is 13.2 Å². The maximum atomic E-state index is 12.0. The number of aromatic carboxylic acids is 1. The van der Waals surface area contributed by atoms with Gasteiger partial charge in [0.15, 0.2) is 0 Å². The van der Waals surface area contributed by atoms with Crippen LogP contribution in [0, 0.1) is 0 Å². The standard InChI is InChI=1S/C16H17NO2S.C9H7F3/c1-17-15-14(16(18)19)13(9-20-15)12-7-6-10-4-2-3-5-11(10)8-12;1-2-7-3-5-8(6-4-7)9(10,11)12/h2-5,9,12,17H,6-8H2,1H3,(H,18,19);2-6H,1H2. The SMILES string of the molecule is C=Cc1ccc(C(F)(F)F)cc1.CNc1scc(C2CCc3ccccc3C2)c1C(=O)O. The van der Waals surface area contributed by atoms with Crippen LogP contribution in [0.15, 0.2) is 60.5 Å². The van der Waals surface area contributed by atoms with Crippen LogP contribution in [0.4, 0.5) is 18.2 Å². The smallest absolute Gasteiger partial charge is 0.416 e. The van der Waals surface area contributed by atoms with E-state index in [1.165, 1.54) is 40.7 Å². The largest absolute Gasteiger partial charge is 0.478 e. The van der Waals surface area contributed by atoms with Crippen LogP contribution in [-0.2, 0) is 19.0 Å². The molecule has 0 spiro atoms. The van der Waals surface area contributed by atoms with Crippen molar-refractivity contribution < 1.29 is 23.1 Å². The molecule has 1 aromatic heterocycles. The van der Waals surface area contributed by atoms with Crippen molar-refractivity contribution in [3.05, 3.63) is 93.9 Å². The normalized spacial score (nSPS) is 15.2. The number of aryl methyl sites for hydroxylation is 1. The lowest BCUT2D eigenvalue weighted by molar-refractivity contribution is -0.137. The Labute approximate surface area is 189 Å². The van der Waals surface area contributed by atoms with E-state index < -0.39 is 17.7 Å². The van der Waals surface area contributed by atoms with E-state index in [1.54, 1.807) is 7.05 Å². The van der Waals surface area contributed by atoms with Crippen LogP contribution in [0.25, 0.3) is 6.08 Å². The molecule has 1 aliphatic carbocycles. The fraction of sp³-hybridized carbons (Fsp3) is 0.240. The van der Waals surface area contributed by atoms with Crippen LogP contribution in [0.2, 0.25) is 0 Å². The fourth-order valence-electron chi connectivity index (χ4n) is 3.85. The van der Waals surface area contributed by atoms with E-state index in [0.717, 1.165) is 42.0 Å². The maximum absolute atomic E-state index is 12.0. The molecule has 0 fully saturated rings. The molecular formula is C25H24F3NO2S. The van der Waals surface area contributed by atoms with E-state index in [2.05, 4.69) is 36.2 Å². The second-order valence-electron chi connectivity index (χ2n) is 7.48. The van der Waals surface area contributed by atoms with Gasteiger partial charge in [0.05, 0.1) is 11.1 Å². The third-order valence-electron chi connectivity index (χ3n) is 5.52. The first-order valence-electron chi connectivity index (χ1n) is 10.1. The molecule has 32 heavy (non-hydrogen) atoms. The van der Waals surface area contributed by atoms with Crippen LogP contribution in [0.3, 0.4) is 0 Å². The van der Waals surface area contributed by atoms with Crippen molar-refractivity contribution in [2.45, 2.75) is 31.4 Å². The monoisotopic (exact) mass is 459 g/mol. The Morgan fingerprint density at radius 2 is 1.81 bits per heavy atom. The van der Waals surface area contributed by atoms with Crippen LogP contribution >= 0.6 is 11.3 Å². The lowest BCUT2D eigenvalue weighted by Crippen LogP contribution is -2.15. The Morgan fingerprint density at radius 1 is 1.16 bits per heavy atom. The molecule has 2 N–H and O–H groups in total. The number of hydrogen-bond donors (Lipinski definition) is 2. The zero-order chi connectivity index (χ0) is 23.3. The van der Waals surface area contributed by atoms with Gasteiger partial charge in [0, 0.05) is 7.05 Å². The highest BCUT2D eigenvalue weighted by Gasteiger charge is 2.30. The summed E-state index contributed by atoms with van der Waals surface area (Å²) in [5.41, 5.74) is 4.27. The first-order chi connectivity index (χ1) is 15.2. The Bertz CT molecular complexity index is 1090. The van der Waals surface area contributed by atoms with Crippen LogP contribution < -0.4 is 5.32 Å². The highest BCUT2D eigenvalue weighted by atomic mass is 32.1. The molecule has 3 nitrogen and oxygen atoms in total. The van der Waals surface area contributed by atoms with Crippen molar-refractivity contribution in [2.75, 3.05) is 12.4 Å². The predicted molar refractivity (Wildman–Crippen MR) is 124 cm³/mol. The third-order valence-corrected chi connectivity index (χ3v) is 6.54. The molecule has 4 rings (SSSR count). The van der Waals surface area contributed by atoms with E-state index >= 15 is 0 Å². The number of fused-ring (bicyclic) bond motifs is 1. The van der Waals surface area contributed by atoms with Crippen LogP contribution in [-0.4, -0.2) is 18.1 Å². The maximum Gasteiger partial charge on any atom is 0.416 e. The number of carbonyl (C=O) groups is 1. The van der Waals surface area contributed by atoms with Crippen LogP contribution in [0.5, 0.6) is 0 Å². The minimum Gasteiger partial charge on any atom is -0.478 e. The summed E-state index contributed by atoms with van der Waals surface area (Å²) in [5, 5.41) is 15.2. The first-order valence-corrected chi connectivity index (χ1v) is 11.0. The summed E-state index contributed by atoms with van der Waals surface area (Å²) >= 11 is 1.49. The fourth-order valence-corrected chi connectivity index (χ4v) is 4.84. The molecule has 0 saturated heterocycles. The van der Waals surface area contributed by atoms with E-state index in [9.17, 15) is 23.1 Å². The Hall–Kier alpha value is -3.06. The highest BCUT2D eigenvalue weighted by Crippen LogP contribution is 2.39. The summed E-state index contributed by atoms with van der Waals surface area (Å²) in [6.07, 6.45) is 0.248. The Kier molecular flexibility index (Phi) is 7.40. The number of carboxylic acid groups (broad SMARTS) is 1. The summed E-state index contributed by atoms with van der Waals surface area (Å²) in [6.45, 7) is 3.44. The number of rotatable bonds is 4. The Morgan fingerprint density at radius 3 is 2.38 bits per heavy atom. The number of anilines is 1. The number of nitrogens with one attached hydrogen (secondary N) is 1. The van der Waals surface area contributed by atoms with Crippen molar-refractivity contribution in [1.82, 2.24) is 0 Å². The molecule has 2 aromatic carbocycles. The van der Waals surface area contributed by atoms with Gasteiger partial charge in [-0.1, -0.05) is 49.1 Å². The molecule has 0 amide bonds. The zero-order valence-corrected chi connectivity index (χ0v) is 18.4. The van der Waals surface area contributed by atoms with E-state index in [0.29, 0.717) is 17.0 Å². The summed E-state index contributed by atoms with van der Waals surface area (Å²) < 4.78 is 36.0. The van der Waals surface area contributed by atoms with Crippen molar-refractivity contribution in [2.24, 2.45) is 0 Å². The van der Waals surface area contributed by atoms with Crippen molar-refractivity contribution in [1.29, 1.82) is 0 Å². The minimum atomic E-state index is -4.25. The zero-order valence-electron chi connectivity index (χ0n) is 17.6. The minimum absolute atomic E-state index is 0.314.